The van der Waals surface area contributed by atoms with Crippen molar-refractivity contribution in [2.45, 2.75) is 32.9 Å². The molecule has 21 heavy (non-hydrogen) atoms. The Morgan fingerprint density at radius 3 is 2.76 bits per heavy atom. The number of likely N-dealkylation sites (tertiary alicyclic amines) is 1. The van der Waals surface area contributed by atoms with Crippen molar-refractivity contribution < 1.29 is 4.79 Å². The van der Waals surface area contributed by atoms with Crippen LogP contribution in [-0.2, 0) is 0 Å². The third-order valence-corrected chi connectivity index (χ3v) is 3.83. The van der Waals surface area contributed by atoms with Gasteiger partial charge in [0.15, 0.2) is 5.65 Å². The number of nitrogens with zero attached hydrogens (tertiary/aromatic N) is 4. The lowest BCUT2D eigenvalue weighted by atomic mass is 10.1. The van der Waals surface area contributed by atoms with E-state index in [1.807, 2.05) is 24.7 Å². The Morgan fingerprint density at radius 2 is 2.14 bits per heavy atom. The predicted molar refractivity (Wildman–Crippen MR) is 81.4 cm³/mol. The molecule has 1 aliphatic rings. The molecule has 3 heterocycles. The number of likely N-dealkylation sites (N-methyl/N-ethyl adjacent to an activating group) is 1. The van der Waals surface area contributed by atoms with Crippen LogP contribution in [0, 0.1) is 6.92 Å². The lowest BCUT2D eigenvalue weighted by Gasteiger charge is -2.36. The van der Waals surface area contributed by atoms with E-state index in [0.29, 0.717) is 5.56 Å². The molecule has 1 aliphatic heterocycles. The molecule has 0 spiro atoms. The van der Waals surface area contributed by atoms with E-state index in [1.54, 1.807) is 6.20 Å². The van der Waals surface area contributed by atoms with E-state index in [1.165, 1.54) is 0 Å². The van der Waals surface area contributed by atoms with Crippen LogP contribution in [0.2, 0.25) is 0 Å². The summed E-state index contributed by atoms with van der Waals surface area (Å²) >= 11 is 0. The minimum Gasteiger partial charge on any atom is -0.347 e. The first-order chi connectivity index (χ1) is 9.95. The van der Waals surface area contributed by atoms with Crippen molar-refractivity contribution in [3.63, 3.8) is 0 Å². The van der Waals surface area contributed by atoms with E-state index >= 15 is 0 Å². The second-order valence-corrected chi connectivity index (χ2v) is 6.12. The fourth-order valence-electron chi connectivity index (χ4n) is 2.76. The van der Waals surface area contributed by atoms with Crippen LogP contribution in [0.25, 0.3) is 11.0 Å². The van der Waals surface area contributed by atoms with E-state index in [0.717, 1.165) is 29.8 Å². The summed E-state index contributed by atoms with van der Waals surface area (Å²) < 4.78 is 1.86. The average Bonchev–Trinajstić information content (AvgIpc) is 2.79. The number of amides is 1. The highest BCUT2D eigenvalue weighted by Gasteiger charge is 2.26. The van der Waals surface area contributed by atoms with Gasteiger partial charge in [0.2, 0.25) is 0 Å². The Morgan fingerprint density at radius 1 is 1.43 bits per heavy atom. The molecule has 2 aromatic rings. The molecule has 112 valence electrons. The molecule has 0 radical (unpaired) electrons. The van der Waals surface area contributed by atoms with Crippen LogP contribution >= 0.6 is 0 Å². The van der Waals surface area contributed by atoms with Gasteiger partial charge in [0.05, 0.1) is 23.2 Å². The summed E-state index contributed by atoms with van der Waals surface area (Å²) in [5, 5.41) is 8.26. The fraction of sp³-hybridized carbons (Fsp3) is 0.533. The topological polar surface area (TPSA) is 63.1 Å². The molecule has 3 rings (SSSR count). The minimum atomic E-state index is -0.0353. The quantitative estimate of drug-likeness (QED) is 0.926. The summed E-state index contributed by atoms with van der Waals surface area (Å²) in [6, 6.07) is 2.30. The van der Waals surface area contributed by atoms with E-state index in [2.05, 4.69) is 34.1 Å². The van der Waals surface area contributed by atoms with Crippen molar-refractivity contribution >= 4 is 16.9 Å². The second-order valence-electron chi connectivity index (χ2n) is 6.12. The lowest BCUT2D eigenvalue weighted by molar-refractivity contribution is 0.0859. The molecule has 1 saturated heterocycles. The van der Waals surface area contributed by atoms with Gasteiger partial charge in [-0.2, -0.15) is 5.10 Å². The molecule has 0 atom stereocenters. The zero-order valence-electron chi connectivity index (χ0n) is 12.9. The van der Waals surface area contributed by atoms with Gasteiger partial charge in [0, 0.05) is 24.8 Å². The molecule has 0 saturated carbocycles. The molecule has 1 fully saturated rings. The summed E-state index contributed by atoms with van der Waals surface area (Å²) in [6.45, 7) is 7.83. The summed E-state index contributed by atoms with van der Waals surface area (Å²) in [7, 11) is 2.05. The molecule has 1 N–H and O–H groups in total. The first kappa shape index (κ1) is 14.0. The number of aryl methyl sites for hydroxylation is 1. The molecule has 1 amide bonds. The first-order valence-electron chi connectivity index (χ1n) is 7.30. The van der Waals surface area contributed by atoms with Crippen molar-refractivity contribution in [2.24, 2.45) is 0 Å². The third-order valence-electron chi connectivity index (χ3n) is 3.83. The highest BCUT2D eigenvalue weighted by molar-refractivity contribution is 6.05. The van der Waals surface area contributed by atoms with Crippen LogP contribution in [0.3, 0.4) is 0 Å². The largest absolute Gasteiger partial charge is 0.347 e. The van der Waals surface area contributed by atoms with Crippen LogP contribution in [0.5, 0.6) is 0 Å². The molecule has 6 nitrogen and oxygen atoms in total. The summed E-state index contributed by atoms with van der Waals surface area (Å²) in [5.41, 5.74) is 2.28. The number of carbonyl (C=O) groups excluding carboxylic acids is 1. The smallest absolute Gasteiger partial charge is 0.252 e. The van der Waals surface area contributed by atoms with Gasteiger partial charge < -0.3 is 10.2 Å². The highest BCUT2D eigenvalue weighted by atomic mass is 16.1. The number of fused-ring (bicyclic) bond motifs is 1. The van der Waals surface area contributed by atoms with E-state index in [9.17, 15) is 4.79 Å². The number of hydrogen-bond donors (Lipinski definition) is 1. The minimum absolute atomic E-state index is 0.0353. The zero-order chi connectivity index (χ0) is 15.1. The highest BCUT2D eigenvalue weighted by Crippen LogP contribution is 2.21. The van der Waals surface area contributed by atoms with Crippen molar-refractivity contribution in [1.82, 2.24) is 25.0 Å². The van der Waals surface area contributed by atoms with Crippen molar-refractivity contribution in [3.05, 3.63) is 23.5 Å². The number of carbonyl (C=O) groups is 1. The lowest BCUT2D eigenvalue weighted by Crippen LogP contribution is -2.57. The summed E-state index contributed by atoms with van der Waals surface area (Å²) in [4.78, 5) is 19.2. The predicted octanol–water partition coefficient (Wildman–Crippen LogP) is 1.36. The average molecular weight is 287 g/mol. The van der Waals surface area contributed by atoms with Gasteiger partial charge in [-0.15, -0.1) is 0 Å². The number of aromatic nitrogens is 3. The van der Waals surface area contributed by atoms with Crippen molar-refractivity contribution in [1.29, 1.82) is 0 Å². The van der Waals surface area contributed by atoms with Crippen LogP contribution < -0.4 is 5.32 Å². The standard InChI is InChI=1S/C15H21N5O/c1-9(2)20-14-13(6-16-20)12(5-10(3)17-14)15(21)18-11-7-19(4)8-11/h5-6,9,11H,7-8H2,1-4H3,(H,18,21). The molecule has 0 unspecified atom stereocenters. The van der Waals surface area contributed by atoms with Gasteiger partial charge in [0.1, 0.15) is 0 Å². The van der Waals surface area contributed by atoms with Crippen LogP contribution in [0.4, 0.5) is 0 Å². The van der Waals surface area contributed by atoms with Gasteiger partial charge >= 0.3 is 0 Å². The van der Waals surface area contributed by atoms with Crippen LogP contribution in [-0.4, -0.2) is 51.8 Å². The molecule has 0 bridgehead atoms. The van der Waals surface area contributed by atoms with Gasteiger partial charge in [0.25, 0.3) is 5.91 Å². The van der Waals surface area contributed by atoms with E-state index in [4.69, 9.17) is 0 Å². The van der Waals surface area contributed by atoms with Crippen LogP contribution in [0.15, 0.2) is 12.3 Å². The maximum Gasteiger partial charge on any atom is 0.252 e. The third kappa shape index (κ3) is 2.51. The molecule has 2 aromatic heterocycles. The van der Waals surface area contributed by atoms with Gasteiger partial charge in [-0.3, -0.25) is 4.79 Å². The maximum atomic E-state index is 12.5. The monoisotopic (exact) mass is 287 g/mol. The Hall–Kier alpha value is -1.95. The molecular weight excluding hydrogens is 266 g/mol. The summed E-state index contributed by atoms with van der Waals surface area (Å²) in [5.74, 6) is -0.0353. The number of nitrogens with one attached hydrogen (secondary N) is 1. The van der Waals surface area contributed by atoms with Crippen molar-refractivity contribution in [3.8, 4) is 0 Å². The first-order valence-corrected chi connectivity index (χ1v) is 7.30. The SMILES string of the molecule is Cc1cc(C(=O)NC2CN(C)C2)c2cnn(C(C)C)c2n1. The Labute approximate surface area is 124 Å². The molecule has 6 heteroatoms. The van der Waals surface area contributed by atoms with Gasteiger partial charge in [-0.25, -0.2) is 9.67 Å². The molecular formula is C15H21N5O. The van der Waals surface area contributed by atoms with Crippen molar-refractivity contribution in [2.75, 3.05) is 20.1 Å². The van der Waals surface area contributed by atoms with Gasteiger partial charge in [-0.1, -0.05) is 0 Å². The Kier molecular flexibility index (Phi) is 3.41. The van der Waals surface area contributed by atoms with Gasteiger partial charge in [-0.05, 0) is 33.9 Å². The fourth-order valence-corrected chi connectivity index (χ4v) is 2.76. The number of hydrogen-bond acceptors (Lipinski definition) is 4. The zero-order valence-corrected chi connectivity index (χ0v) is 12.9. The van der Waals surface area contributed by atoms with Crippen LogP contribution in [0.1, 0.15) is 35.9 Å². The second kappa shape index (κ2) is 5.11. The maximum absolute atomic E-state index is 12.5. The molecule has 0 aromatic carbocycles. The number of rotatable bonds is 3. The normalized spacial score (nSPS) is 16.4. The van der Waals surface area contributed by atoms with E-state index < -0.39 is 0 Å². The Balaban J connectivity index is 1.96. The number of pyridine rings is 1. The Bertz CT molecular complexity index is 685. The van der Waals surface area contributed by atoms with E-state index in [-0.39, 0.29) is 18.0 Å². The summed E-state index contributed by atoms with van der Waals surface area (Å²) in [6.07, 6.45) is 1.74. The molecule has 0 aliphatic carbocycles.